The third kappa shape index (κ3) is 10.7. The number of hydrogen-bond donors (Lipinski definition) is 0. The molecule has 0 aromatic heterocycles. The molecule has 0 amide bonds. The van der Waals surface area contributed by atoms with Gasteiger partial charge in [0.15, 0.2) is 0 Å². The number of hydrogen-bond acceptors (Lipinski definition) is 0. The van der Waals surface area contributed by atoms with Crippen LogP contribution in [0.1, 0.15) is 13.3 Å². The van der Waals surface area contributed by atoms with Crippen molar-refractivity contribution >= 4 is 47.3 Å². The molecule has 0 rings (SSSR count). The summed E-state index contributed by atoms with van der Waals surface area (Å²) in [6, 6.07) is 0. The zero-order valence-electron chi connectivity index (χ0n) is 3.41. The first-order chi connectivity index (χ1) is 1.91. The molecule has 0 heterocycles. The van der Waals surface area contributed by atoms with Crippen LogP contribution in [0.5, 0.6) is 0 Å². The maximum atomic E-state index is 2.18. The van der Waals surface area contributed by atoms with Crippen molar-refractivity contribution in [2.75, 3.05) is 0 Å². The Kier molecular flexibility index (Phi) is 17.9. The average molecular weight is 74.0 g/mol. The molecule has 0 N–H and O–H groups in total. The molecule has 2 heteroatoms. The summed E-state index contributed by atoms with van der Waals surface area (Å²) in [5.41, 5.74) is 0. The third-order valence-corrected chi connectivity index (χ3v) is 0.500. The van der Waals surface area contributed by atoms with Crippen molar-refractivity contribution < 1.29 is 0 Å². The molecule has 0 atom stereocenters. The molecule has 0 aliphatic heterocycles. The second kappa shape index (κ2) is 9.14. The molecule has 0 saturated carbocycles. The summed E-state index contributed by atoms with van der Waals surface area (Å²) in [6.45, 7) is 2.18. The van der Waals surface area contributed by atoms with Crippen LogP contribution in [0.2, 0.25) is 5.09 Å². The van der Waals surface area contributed by atoms with E-state index in [2.05, 4.69) is 24.6 Å². The van der Waals surface area contributed by atoms with Crippen LogP contribution < -0.4 is 0 Å². The Morgan fingerprint density at radius 3 is 1.80 bits per heavy atom. The predicted octanol–water partition coefficient (Wildman–Crippen LogP) is 0.335. The molecule has 5 heavy (non-hydrogen) atoms. The maximum absolute atomic E-state index is 2.18. The van der Waals surface area contributed by atoms with E-state index in [-0.39, 0.29) is 29.6 Å². The summed E-state index contributed by atoms with van der Waals surface area (Å²) >= 11 is 2.18. The van der Waals surface area contributed by atoms with Gasteiger partial charge in [0.1, 0.15) is 0 Å². The van der Waals surface area contributed by atoms with Gasteiger partial charge in [0.2, 0.25) is 0 Å². The fraction of sp³-hybridized carbons (Fsp3) is 1.00. The molecule has 0 aliphatic carbocycles. The summed E-state index contributed by atoms with van der Waals surface area (Å²) in [5.74, 6) is 0. The standard InChI is InChI=1S/C3H7.Li.Na.H/c1-3-2;;;/h1,3H2,2H3;;;. The van der Waals surface area contributed by atoms with E-state index >= 15 is 0 Å². The van der Waals surface area contributed by atoms with Crippen LogP contribution in [0.4, 0.5) is 0 Å². The molecule has 0 spiro atoms. The molecule has 22 valence electrons. The molecule has 0 radical (unpaired) electrons. The molecule has 0 unspecified atom stereocenters. The van der Waals surface area contributed by atoms with E-state index in [0.29, 0.717) is 0 Å². The molecule has 0 nitrogen and oxygen atoms in total. The van der Waals surface area contributed by atoms with Gasteiger partial charge < -0.3 is 0 Å². The van der Waals surface area contributed by atoms with Crippen LogP contribution in [0.3, 0.4) is 0 Å². The molecule has 0 bridgehead atoms. The van der Waals surface area contributed by atoms with Gasteiger partial charge in [-0.2, -0.15) is 0 Å². The van der Waals surface area contributed by atoms with Crippen molar-refractivity contribution in [3.8, 4) is 0 Å². The molecule has 0 aliphatic rings. The van der Waals surface area contributed by atoms with Crippen LogP contribution in [0.25, 0.3) is 0 Å². The minimum absolute atomic E-state index is 0. The number of rotatable bonds is 1. The zero-order chi connectivity index (χ0) is 3.41. The Balaban J connectivity index is 0. The van der Waals surface area contributed by atoms with E-state index in [9.17, 15) is 0 Å². The molecular formula is C3H8LiNa. The molecular weight excluding hydrogens is 66.0 g/mol. The molecule has 0 fully saturated rings. The average Bonchev–Trinajstić information content (AvgIpc) is 1.37. The van der Waals surface area contributed by atoms with E-state index in [1.165, 1.54) is 11.5 Å². The van der Waals surface area contributed by atoms with Gasteiger partial charge in [-0.15, -0.1) is 0 Å². The van der Waals surface area contributed by atoms with Gasteiger partial charge in [0.25, 0.3) is 0 Å². The SMILES string of the molecule is [Li][CH2]CC.[NaH]. The van der Waals surface area contributed by atoms with E-state index < -0.39 is 0 Å². The quantitative estimate of drug-likeness (QED) is 0.393. The summed E-state index contributed by atoms with van der Waals surface area (Å²) in [6.07, 6.45) is 1.32. The van der Waals surface area contributed by atoms with Crippen molar-refractivity contribution in [1.82, 2.24) is 0 Å². The first-order valence-electron chi connectivity index (χ1n) is 1.91. The van der Waals surface area contributed by atoms with Crippen molar-refractivity contribution in [3.63, 3.8) is 0 Å². The Morgan fingerprint density at radius 1 is 1.60 bits per heavy atom. The Morgan fingerprint density at radius 2 is 1.80 bits per heavy atom. The van der Waals surface area contributed by atoms with Crippen LogP contribution in [-0.4, -0.2) is 47.3 Å². The van der Waals surface area contributed by atoms with Gasteiger partial charge in [0.05, 0.1) is 0 Å². The van der Waals surface area contributed by atoms with Crippen molar-refractivity contribution in [1.29, 1.82) is 0 Å². The second-order valence-corrected chi connectivity index (χ2v) is 1.000. The molecule has 0 aromatic rings. The Labute approximate surface area is 65.2 Å². The van der Waals surface area contributed by atoms with E-state index in [4.69, 9.17) is 0 Å². The monoisotopic (exact) mass is 74.1 g/mol. The van der Waals surface area contributed by atoms with E-state index in [1.807, 2.05) is 0 Å². The second-order valence-electron chi connectivity index (χ2n) is 1.000. The Hall–Kier alpha value is 1.60. The van der Waals surface area contributed by atoms with Crippen molar-refractivity contribution in [2.45, 2.75) is 18.4 Å². The van der Waals surface area contributed by atoms with Crippen molar-refractivity contribution in [3.05, 3.63) is 0 Å². The van der Waals surface area contributed by atoms with Crippen LogP contribution >= 0.6 is 0 Å². The summed E-state index contributed by atoms with van der Waals surface area (Å²) in [7, 11) is 0. The first kappa shape index (κ1) is 9.78. The molecule has 0 aromatic carbocycles. The first-order valence-corrected chi connectivity index (χ1v) is 1.91. The van der Waals surface area contributed by atoms with E-state index in [0.717, 1.165) is 0 Å². The van der Waals surface area contributed by atoms with Crippen LogP contribution in [-0.2, 0) is 0 Å². The minimum atomic E-state index is 0. The topological polar surface area (TPSA) is 0 Å². The normalized spacial score (nSPS) is 6.20. The van der Waals surface area contributed by atoms with Gasteiger partial charge in [-0.1, -0.05) is 0 Å². The van der Waals surface area contributed by atoms with Gasteiger partial charge in [0, 0.05) is 0 Å². The predicted molar refractivity (Wildman–Crippen MR) is 28.0 cm³/mol. The fourth-order valence-electron chi connectivity index (χ4n) is 0. The fourth-order valence-corrected chi connectivity index (χ4v) is 0. The van der Waals surface area contributed by atoms with Gasteiger partial charge in [-0.25, -0.2) is 0 Å². The van der Waals surface area contributed by atoms with Crippen molar-refractivity contribution in [2.24, 2.45) is 0 Å². The van der Waals surface area contributed by atoms with Gasteiger partial charge >= 0.3 is 65.7 Å². The van der Waals surface area contributed by atoms with Gasteiger partial charge in [-0.05, 0) is 0 Å². The van der Waals surface area contributed by atoms with Gasteiger partial charge in [-0.3, -0.25) is 0 Å². The van der Waals surface area contributed by atoms with Crippen LogP contribution in [0, 0.1) is 0 Å². The summed E-state index contributed by atoms with van der Waals surface area (Å²) in [4.78, 5) is 0. The van der Waals surface area contributed by atoms with E-state index in [1.54, 1.807) is 0 Å². The third-order valence-electron chi connectivity index (χ3n) is 0.500. The zero-order valence-corrected chi connectivity index (χ0v) is 3.41. The van der Waals surface area contributed by atoms with Crippen LogP contribution in [0.15, 0.2) is 0 Å². The summed E-state index contributed by atoms with van der Waals surface area (Å²) < 4.78 is 0. The Bertz CT molecular complexity index is 8.85. The molecule has 0 saturated heterocycles. The summed E-state index contributed by atoms with van der Waals surface area (Å²) in [5, 5.41) is 1.32.